The molecule has 20 heavy (non-hydrogen) atoms. The number of rotatable bonds is 7. The van der Waals surface area contributed by atoms with Crippen LogP contribution in [0.2, 0.25) is 5.02 Å². The van der Waals surface area contributed by atoms with Gasteiger partial charge in [-0.15, -0.1) is 11.8 Å². The predicted octanol–water partition coefficient (Wildman–Crippen LogP) is 3.34. The number of halogens is 1. The first-order valence-electron chi connectivity index (χ1n) is 6.77. The standard InChI is InChI=1S/C15H22ClNO2S/c1-10(8-11(2)18)9-17-15(19)12(3)20-14-7-5-4-6-13(14)16/h4-7,10-12,18H,8-9H2,1-3H3,(H,17,19). The summed E-state index contributed by atoms with van der Waals surface area (Å²) in [4.78, 5) is 12.9. The topological polar surface area (TPSA) is 49.3 Å². The lowest BCUT2D eigenvalue weighted by Crippen LogP contribution is -2.34. The van der Waals surface area contributed by atoms with Gasteiger partial charge in [-0.2, -0.15) is 0 Å². The molecule has 2 N–H and O–H groups in total. The summed E-state index contributed by atoms with van der Waals surface area (Å²) in [6.07, 6.45) is 0.351. The van der Waals surface area contributed by atoms with Gasteiger partial charge in [0.1, 0.15) is 0 Å². The van der Waals surface area contributed by atoms with Crippen molar-refractivity contribution in [2.75, 3.05) is 6.54 Å². The van der Waals surface area contributed by atoms with Gasteiger partial charge >= 0.3 is 0 Å². The number of hydrogen-bond donors (Lipinski definition) is 2. The zero-order valence-electron chi connectivity index (χ0n) is 12.1. The summed E-state index contributed by atoms with van der Waals surface area (Å²) in [6, 6.07) is 7.50. The normalized spacial score (nSPS) is 15.4. The fraction of sp³-hybridized carbons (Fsp3) is 0.533. The Kier molecular flexibility index (Phi) is 7.41. The lowest BCUT2D eigenvalue weighted by Gasteiger charge is -2.17. The Morgan fingerprint density at radius 1 is 1.35 bits per heavy atom. The van der Waals surface area contributed by atoms with Gasteiger partial charge in [0, 0.05) is 11.4 Å². The van der Waals surface area contributed by atoms with Crippen LogP contribution in [0, 0.1) is 5.92 Å². The van der Waals surface area contributed by atoms with Crippen LogP contribution in [0.4, 0.5) is 0 Å². The van der Waals surface area contributed by atoms with Gasteiger partial charge in [-0.05, 0) is 38.3 Å². The maximum Gasteiger partial charge on any atom is 0.233 e. The second kappa shape index (κ2) is 8.55. The highest BCUT2D eigenvalue weighted by atomic mass is 35.5. The zero-order chi connectivity index (χ0) is 15.1. The molecule has 0 heterocycles. The average molecular weight is 316 g/mol. The summed E-state index contributed by atoms with van der Waals surface area (Å²) < 4.78 is 0. The number of benzene rings is 1. The van der Waals surface area contributed by atoms with Gasteiger partial charge in [-0.3, -0.25) is 4.79 Å². The highest BCUT2D eigenvalue weighted by Gasteiger charge is 2.16. The van der Waals surface area contributed by atoms with Crippen molar-refractivity contribution in [3.63, 3.8) is 0 Å². The van der Waals surface area contributed by atoms with Gasteiger partial charge in [0.05, 0.1) is 16.4 Å². The molecule has 0 aliphatic carbocycles. The smallest absolute Gasteiger partial charge is 0.233 e. The van der Waals surface area contributed by atoms with E-state index in [1.807, 2.05) is 38.1 Å². The number of carbonyl (C=O) groups excluding carboxylic acids is 1. The first-order valence-corrected chi connectivity index (χ1v) is 8.03. The van der Waals surface area contributed by atoms with Crippen LogP contribution >= 0.6 is 23.4 Å². The molecule has 0 aromatic heterocycles. The molecule has 1 aromatic carbocycles. The molecule has 0 spiro atoms. The molecule has 0 saturated carbocycles. The summed E-state index contributed by atoms with van der Waals surface area (Å²) in [7, 11) is 0. The number of amides is 1. The van der Waals surface area contributed by atoms with Gasteiger partial charge < -0.3 is 10.4 Å². The fourth-order valence-electron chi connectivity index (χ4n) is 1.87. The predicted molar refractivity (Wildman–Crippen MR) is 85.2 cm³/mol. The van der Waals surface area contributed by atoms with E-state index in [2.05, 4.69) is 5.32 Å². The number of nitrogens with one attached hydrogen (secondary N) is 1. The van der Waals surface area contributed by atoms with Crippen molar-refractivity contribution < 1.29 is 9.90 Å². The number of carbonyl (C=O) groups is 1. The SMILES string of the molecule is CC(O)CC(C)CNC(=O)C(C)Sc1ccccc1Cl. The lowest BCUT2D eigenvalue weighted by atomic mass is 10.0. The molecule has 3 atom stereocenters. The lowest BCUT2D eigenvalue weighted by molar-refractivity contribution is -0.120. The Bertz CT molecular complexity index is 440. The van der Waals surface area contributed by atoms with Crippen LogP contribution in [0.3, 0.4) is 0 Å². The molecule has 0 fully saturated rings. The molecule has 3 nitrogen and oxygen atoms in total. The number of aliphatic hydroxyl groups is 1. The third-order valence-electron chi connectivity index (χ3n) is 2.88. The molecule has 5 heteroatoms. The highest BCUT2D eigenvalue weighted by molar-refractivity contribution is 8.00. The minimum atomic E-state index is -0.336. The maximum absolute atomic E-state index is 12.0. The Morgan fingerprint density at radius 2 is 2.00 bits per heavy atom. The van der Waals surface area contributed by atoms with E-state index in [9.17, 15) is 9.90 Å². The molecule has 0 aliphatic heterocycles. The number of hydrogen-bond acceptors (Lipinski definition) is 3. The summed E-state index contributed by atoms with van der Waals surface area (Å²) in [6.45, 7) is 6.22. The molecule has 112 valence electrons. The average Bonchev–Trinajstić information content (AvgIpc) is 2.37. The Labute approximate surface area is 130 Å². The quantitative estimate of drug-likeness (QED) is 0.759. The van der Waals surface area contributed by atoms with Crippen LogP contribution in [0.1, 0.15) is 27.2 Å². The number of aliphatic hydroxyl groups excluding tert-OH is 1. The summed E-state index contributed by atoms with van der Waals surface area (Å²) in [5, 5.41) is 12.7. The third-order valence-corrected chi connectivity index (χ3v) is 4.50. The van der Waals surface area contributed by atoms with E-state index >= 15 is 0 Å². The first-order chi connectivity index (χ1) is 9.40. The van der Waals surface area contributed by atoms with E-state index in [1.165, 1.54) is 11.8 Å². The van der Waals surface area contributed by atoms with Gasteiger partial charge in [0.2, 0.25) is 5.91 Å². The monoisotopic (exact) mass is 315 g/mol. The van der Waals surface area contributed by atoms with E-state index in [1.54, 1.807) is 6.92 Å². The summed E-state index contributed by atoms with van der Waals surface area (Å²) >= 11 is 7.53. The molecule has 0 aliphatic rings. The summed E-state index contributed by atoms with van der Waals surface area (Å²) in [5.74, 6) is 0.254. The van der Waals surface area contributed by atoms with Crippen LogP contribution in [0.25, 0.3) is 0 Å². The van der Waals surface area contributed by atoms with Gasteiger partial charge in [0.25, 0.3) is 0 Å². The van der Waals surface area contributed by atoms with E-state index in [0.29, 0.717) is 18.0 Å². The molecular weight excluding hydrogens is 294 g/mol. The van der Waals surface area contributed by atoms with Crippen LogP contribution in [0.15, 0.2) is 29.2 Å². The third kappa shape index (κ3) is 6.16. The van der Waals surface area contributed by atoms with Crippen LogP contribution in [0.5, 0.6) is 0 Å². The summed E-state index contributed by atoms with van der Waals surface area (Å²) in [5.41, 5.74) is 0. The molecule has 0 saturated heterocycles. The molecule has 0 bridgehead atoms. The Hall–Kier alpha value is -0.710. The molecular formula is C15H22ClNO2S. The maximum atomic E-state index is 12.0. The van der Waals surface area contributed by atoms with Crippen LogP contribution < -0.4 is 5.32 Å². The van der Waals surface area contributed by atoms with Gasteiger partial charge in [-0.25, -0.2) is 0 Å². The van der Waals surface area contributed by atoms with E-state index < -0.39 is 0 Å². The van der Waals surface area contributed by atoms with Gasteiger partial charge in [-0.1, -0.05) is 30.7 Å². The van der Waals surface area contributed by atoms with Crippen molar-refractivity contribution in [3.05, 3.63) is 29.3 Å². The van der Waals surface area contributed by atoms with Crippen molar-refractivity contribution >= 4 is 29.3 Å². The molecule has 3 unspecified atom stereocenters. The van der Waals surface area contributed by atoms with E-state index in [-0.39, 0.29) is 23.2 Å². The second-order valence-corrected chi connectivity index (χ2v) is 6.92. The van der Waals surface area contributed by atoms with Crippen molar-refractivity contribution in [2.24, 2.45) is 5.92 Å². The fourth-order valence-corrected chi connectivity index (χ4v) is 3.05. The van der Waals surface area contributed by atoms with Crippen molar-refractivity contribution in [1.82, 2.24) is 5.32 Å². The van der Waals surface area contributed by atoms with Crippen molar-refractivity contribution in [3.8, 4) is 0 Å². The molecule has 1 aromatic rings. The highest BCUT2D eigenvalue weighted by Crippen LogP contribution is 2.29. The minimum Gasteiger partial charge on any atom is -0.393 e. The van der Waals surface area contributed by atoms with E-state index in [0.717, 1.165) is 4.90 Å². The van der Waals surface area contributed by atoms with E-state index in [4.69, 9.17) is 11.6 Å². The molecule has 1 amide bonds. The number of thioether (sulfide) groups is 1. The van der Waals surface area contributed by atoms with Gasteiger partial charge in [0.15, 0.2) is 0 Å². The Morgan fingerprint density at radius 3 is 2.60 bits per heavy atom. The minimum absolute atomic E-state index is 0.00707. The zero-order valence-corrected chi connectivity index (χ0v) is 13.7. The largest absolute Gasteiger partial charge is 0.393 e. The van der Waals surface area contributed by atoms with Crippen LogP contribution in [-0.4, -0.2) is 28.9 Å². The second-order valence-electron chi connectivity index (χ2n) is 5.13. The molecule has 0 radical (unpaired) electrons. The molecule has 1 rings (SSSR count). The van der Waals surface area contributed by atoms with Crippen LogP contribution in [-0.2, 0) is 4.79 Å². The first kappa shape index (κ1) is 17.3. The Balaban J connectivity index is 2.42. The van der Waals surface area contributed by atoms with Crippen molar-refractivity contribution in [2.45, 2.75) is 43.4 Å². The van der Waals surface area contributed by atoms with Crippen molar-refractivity contribution in [1.29, 1.82) is 0 Å².